The van der Waals surface area contributed by atoms with Crippen molar-refractivity contribution in [3.63, 3.8) is 0 Å². The number of nitrogens with zero attached hydrogens (tertiary/aromatic N) is 4. The van der Waals surface area contributed by atoms with Crippen molar-refractivity contribution in [3.8, 4) is 113 Å². The number of fused-ring (bicyclic) bond motifs is 27. The third kappa shape index (κ3) is 10.7. The van der Waals surface area contributed by atoms with Gasteiger partial charge in [-0.15, -0.1) is 0 Å². The lowest BCUT2D eigenvalue weighted by molar-refractivity contribution is 0.442. The number of benzene rings is 18. The van der Waals surface area contributed by atoms with Crippen molar-refractivity contribution < 1.29 is 14.0 Å². The summed E-state index contributed by atoms with van der Waals surface area (Å²) in [6.45, 7) is 0. The van der Waals surface area contributed by atoms with Gasteiger partial charge in [0.2, 0.25) is 0 Å². The van der Waals surface area contributed by atoms with E-state index in [2.05, 4.69) is 328 Å². The maximum Gasteiger partial charge on any atom is 0.171 e. The predicted molar refractivity (Wildman–Crippen MR) is 498 cm³/mol. The zero-order chi connectivity index (χ0) is 80.6. The summed E-state index contributed by atoms with van der Waals surface area (Å²) in [5, 5.41) is 9.68. The van der Waals surface area contributed by atoms with Crippen LogP contribution in [0.15, 0.2) is 431 Å². The predicted octanol–water partition coefficient (Wildman–Crippen LogP) is 27.3. The monoisotopic (exact) mass is 1570 g/mol. The fourth-order valence-corrected chi connectivity index (χ4v) is 22.9. The van der Waals surface area contributed by atoms with E-state index in [9.17, 15) is 0 Å². The second-order valence-electron chi connectivity index (χ2n) is 31.9. The summed E-state index contributed by atoms with van der Waals surface area (Å²) in [4.78, 5) is 20.9. The van der Waals surface area contributed by atoms with Gasteiger partial charge in [0.05, 0.1) is 44.5 Å². The van der Waals surface area contributed by atoms with Crippen molar-refractivity contribution in [2.75, 3.05) is 0 Å². The summed E-state index contributed by atoms with van der Waals surface area (Å²) in [7, 11) is -3.12. The highest BCUT2D eigenvalue weighted by Crippen LogP contribution is 2.66. The van der Waals surface area contributed by atoms with Crippen LogP contribution >= 0.6 is 7.14 Å². The molecule has 0 N–H and O–H groups in total. The minimum absolute atomic E-state index is 0.576. The first-order chi connectivity index (χ1) is 60.4. The Bertz CT molecular complexity index is 7770. The highest BCUT2D eigenvalue weighted by Gasteiger charge is 2.53. The third-order valence-electron chi connectivity index (χ3n) is 25.6. The van der Waals surface area contributed by atoms with E-state index in [0.717, 1.165) is 177 Å². The van der Waals surface area contributed by atoms with Crippen LogP contribution in [-0.2, 0) is 15.4 Å². The molecule has 21 aromatic rings. The standard InChI is InChI=1S/C58H35N3O.C56H36NO2P/c1-3-15-37(16-4-1)55-44-32-33-49-56(62-52-26-14-12-24-48(52)58(49)46-22-10-7-19-41(46)42-20-8-11-23-47(42)58)53(44)45-35-40(31-34-51(45)59-55)36-27-29-38(30-28-36)54-43-21-9-13-25-50(43)60-57(61-54)39-17-5-2-6-18-39;58-60(40-18-6-2-7-19-40,41-20-8-3-9-21-41)42-31-28-37(29-32-42)39-30-35-51-46(36-39)53-45(54(57-51)38-16-4-1-5-17-38)33-34-50-55(53)59-52-27-15-14-26-49(52)56(50)47-24-12-10-22-43(47)44-23-11-13-25-48(44)56/h1-35H;1-36H. The molecule has 0 unspecified atom stereocenters. The fourth-order valence-electron chi connectivity index (χ4n) is 20.2. The molecule has 18 aromatic carbocycles. The van der Waals surface area contributed by atoms with Crippen LogP contribution in [0.3, 0.4) is 0 Å². The van der Waals surface area contributed by atoms with Crippen molar-refractivity contribution in [1.82, 2.24) is 19.9 Å². The van der Waals surface area contributed by atoms with E-state index >= 15 is 4.57 Å². The molecule has 570 valence electrons. The Morgan fingerprint density at radius 2 is 0.533 bits per heavy atom. The number of rotatable bonds is 9. The van der Waals surface area contributed by atoms with E-state index in [-0.39, 0.29) is 0 Å². The Morgan fingerprint density at radius 1 is 0.213 bits per heavy atom. The molecule has 0 atom stereocenters. The molecule has 2 spiro atoms. The van der Waals surface area contributed by atoms with Crippen LogP contribution in [0.25, 0.3) is 144 Å². The van der Waals surface area contributed by atoms with Crippen LogP contribution in [0.4, 0.5) is 0 Å². The molecule has 25 rings (SSSR count). The van der Waals surface area contributed by atoms with Gasteiger partial charge in [0.15, 0.2) is 13.0 Å². The minimum Gasteiger partial charge on any atom is -0.456 e. The van der Waals surface area contributed by atoms with Crippen LogP contribution in [0.5, 0.6) is 23.0 Å². The van der Waals surface area contributed by atoms with Gasteiger partial charge in [-0.3, -0.25) is 0 Å². The zero-order valence-electron chi connectivity index (χ0n) is 66.0. The van der Waals surface area contributed by atoms with Gasteiger partial charge in [-0.1, -0.05) is 388 Å². The van der Waals surface area contributed by atoms with Gasteiger partial charge in [-0.2, -0.15) is 0 Å². The van der Waals surface area contributed by atoms with Gasteiger partial charge in [0, 0.05) is 98.1 Å². The normalized spacial score (nSPS) is 13.2. The molecule has 2 aliphatic carbocycles. The largest absolute Gasteiger partial charge is 0.456 e. The average Bonchev–Trinajstić information content (AvgIpc) is 1.48. The number of hydrogen-bond donors (Lipinski definition) is 0. The van der Waals surface area contributed by atoms with E-state index in [1.165, 1.54) is 44.5 Å². The van der Waals surface area contributed by atoms with Crippen molar-refractivity contribution in [3.05, 3.63) is 475 Å². The molecule has 0 fully saturated rings. The topological polar surface area (TPSA) is 87.1 Å². The van der Waals surface area contributed by atoms with Crippen molar-refractivity contribution in [2.45, 2.75) is 10.8 Å². The Kier molecular flexibility index (Phi) is 16.3. The number of ether oxygens (including phenoxy) is 2. The summed E-state index contributed by atoms with van der Waals surface area (Å²) >= 11 is 0. The first-order valence-corrected chi connectivity index (χ1v) is 43.2. The Morgan fingerprint density at radius 3 is 0.975 bits per heavy atom. The molecule has 2 aliphatic heterocycles. The number of para-hydroxylation sites is 3. The second-order valence-corrected chi connectivity index (χ2v) is 34.7. The molecule has 3 aromatic heterocycles. The van der Waals surface area contributed by atoms with Crippen molar-refractivity contribution in [1.29, 1.82) is 0 Å². The van der Waals surface area contributed by atoms with Crippen molar-refractivity contribution in [2.24, 2.45) is 0 Å². The quantitative estimate of drug-likeness (QED) is 0.105. The summed E-state index contributed by atoms with van der Waals surface area (Å²) in [6, 6.07) is 151. The number of hydrogen-bond acceptors (Lipinski definition) is 7. The molecule has 0 amide bonds. The van der Waals surface area contributed by atoms with Gasteiger partial charge in [-0.05, 0) is 109 Å². The first kappa shape index (κ1) is 70.7. The molecule has 7 nitrogen and oxygen atoms in total. The van der Waals surface area contributed by atoms with E-state index in [4.69, 9.17) is 29.4 Å². The van der Waals surface area contributed by atoms with Crippen LogP contribution in [0.2, 0.25) is 0 Å². The van der Waals surface area contributed by atoms with Crippen LogP contribution in [0.1, 0.15) is 44.5 Å². The van der Waals surface area contributed by atoms with Gasteiger partial charge < -0.3 is 14.0 Å². The molecular formula is C114H71N4O3P. The maximum absolute atomic E-state index is 15.2. The molecule has 8 heteroatoms. The fraction of sp³-hybridized carbons (Fsp3) is 0.0175. The molecule has 4 aliphatic rings. The summed E-state index contributed by atoms with van der Waals surface area (Å²) < 4.78 is 29.7. The Labute approximate surface area is 705 Å². The Hall–Kier alpha value is -15.5. The lowest BCUT2D eigenvalue weighted by atomic mass is 9.65. The summed E-state index contributed by atoms with van der Waals surface area (Å²) in [6.07, 6.45) is 0. The van der Waals surface area contributed by atoms with Gasteiger partial charge in [0.25, 0.3) is 0 Å². The molecule has 0 saturated carbocycles. The number of pyridine rings is 2. The summed E-state index contributed by atoms with van der Waals surface area (Å²) in [5.41, 5.74) is 27.3. The zero-order valence-corrected chi connectivity index (χ0v) is 66.8. The average molecular weight is 1580 g/mol. The lowest BCUT2D eigenvalue weighted by Gasteiger charge is -2.40. The SMILES string of the molecule is O=P(c1ccccc1)(c1ccccc1)c1ccc(-c2ccc3nc(-c4ccccc4)c4ccc5c(c4c3c2)Oc2ccccc2C52c3ccccc3-c3ccccc32)cc1.c1ccc(-c2nc(-c3ccc(-c4ccc5nc(-c6ccccc6)c6ccc7c(c6c5c4)Oc4ccccc4C74c5ccccc5-c5ccccc54)cc3)c3ccccc3n2)cc1. The van der Waals surface area contributed by atoms with Gasteiger partial charge in [-0.25, -0.2) is 19.9 Å². The molecule has 5 heterocycles. The Balaban J connectivity index is 0.000000138. The van der Waals surface area contributed by atoms with Gasteiger partial charge in [0.1, 0.15) is 23.0 Å². The molecule has 0 bridgehead atoms. The number of aromatic nitrogens is 4. The van der Waals surface area contributed by atoms with Crippen LogP contribution in [-0.4, -0.2) is 19.9 Å². The van der Waals surface area contributed by atoms with E-state index in [0.29, 0.717) is 5.82 Å². The summed E-state index contributed by atoms with van der Waals surface area (Å²) in [5.74, 6) is 4.15. The molecule has 0 radical (unpaired) electrons. The minimum atomic E-state index is -3.12. The van der Waals surface area contributed by atoms with Crippen molar-refractivity contribution >= 4 is 77.3 Å². The molecular weight excluding hydrogens is 1500 g/mol. The highest BCUT2D eigenvalue weighted by atomic mass is 31.2. The third-order valence-corrected chi connectivity index (χ3v) is 28.6. The van der Waals surface area contributed by atoms with E-state index < -0.39 is 18.0 Å². The molecule has 122 heavy (non-hydrogen) atoms. The van der Waals surface area contributed by atoms with E-state index in [1.54, 1.807) is 0 Å². The lowest BCUT2D eigenvalue weighted by Crippen LogP contribution is -2.32. The van der Waals surface area contributed by atoms with Crippen LogP contribution in [0, 0.1) is 0 Å². The second kappa shape index (κ2) is 28.1. The highest BCUT2D eigenvalue weighted by molar-refractivity contribution is 7.85. The smallest absolute Gasteiger partial charge is 0.171 e. The van der Waals surface area contributed by atoms with Gasteiger partial charge >= 0.3 is 0 Å². The van der Waals surface area contributed by atoms with E-state index in [1.807, 2.05) is 103 Å². The van der Waals surface area contributed by atoms with Crippen LogP contribution < -0.4 is 25.4 Å². The maximum atomic E-state index is 15.2. The molecule has 0 saturated heterocycles. The first-order valence-electron chi connectivity index (χ1n) is 41.5.